The molecule has 0 spiro atoms. The SMILES string of the molecule is C=CCN1C(=O)C(C)(CCC(=O)OCC)C(C)=C1c1ccccc1. The van der Waals surface area contributed by atoms with Gasteiger partial charge in [0.05, 0.1) is 17.7 Å². The van der Waals surface area contributed by atoms with Crippen LogP contribution in [0.1, 0.15) is 39.2 Å². The largest absolute Gasteiger partial charge is 0.466 e. The first kappa shape index (κ1) is 18.0. The Hall–Kier alpha value is -2.36. The Bertz CT molecular complexity index is 663. The minimum Gasteiger partial charge on any atom is -0.466 e. The van der Waals surface area contributed by atoms with Gasteiger partial charge in [-0.2, -0.15) is 0 Å². The van der Waals surface area contributed by atoms with Crippen molar-refractivity contribution in [1.29, 1.82) is 0 Å². The van der Waals surface area contributed by atoms with Crippen LogP contribution in [0.15, 0.2) is 48.6 Å². The topological polar surface area (TPSA) is 46.6 Å². The first-order valence-electron chi connectivity index (χ1n) is 8.31. The van der Waals surface area contributed by atoms with Gasteiger partial charge in [0.15, 0.2) is 0 Å². The van der Waals surface area contributed by atoms with Crippen LogP contribution in [0.4, 0.5) is 0 Å². The van der Waals surface area contributed by atoms with Crippen molar-refractivity contribution in [3.05, 3.63) is 54.1 Å². The second-order valence-electron chi connectivity index (χ2n) is 6.18. The normalized spacial score (nSPS) is 20.5. The van der Waals surface area contributed by atoms with Crippen LogP contribution in [-0.2, 0) is 14.3 Å². The Balaban J connectivity index is 2.38. The van der Waals surface area contributed by atoms with Crippen LogP contribution in [0.3, 0.4) is 0 Å². The van der Waals surface area contributed by atoms with Gasteiger partial charge in [-0.1, -0.05) is 36.4 Å². The monoisotopic (exact) mass is 327 g/mol. The van der Waals surface area contributed by atoms with Crippen molar-refractivity contribution in [3.8, 4) is 0 Å². The molecule has 0 N–H and O–H groups in total. The summed E-state index contributed by atoms with van der Waals surface area (Å²) in [6.07, 6.45) is 2.41. The highest BCUT2D eigenvalue weighted by molar-refractivity contribution is 6.00. The summed E-state index contributed by atoms with van der Waals surface area (Å²) in [5.74, 6) is -0.245. The molecule has 24 heavy (non-hydrogen) atoms. The maximum Gasteiger partial charge on any atom is 0.305 e. The van der Waals surface area contributed by atoms with E-state index >= 15 is 0 Å². The smallest absolute Gasteiger partial charge is 0.305 e. The lowest BCUT2D eigenvalue weighted by atomic mass is 9.79. The first-order chi connectivity index (χ1) is 11.5. The molecule has 1 atom stereocenters. The number of carbonyl (C=O) groups excluding carboxylic acids is 2. The highest BCUT2D eigenvalue weighted by Gasteiger charge is 2.47. The first-order valence-corrected chi connectivity index (χ1v) is 8.31. The van der Waals surface area contributed by atoms with Crippen molar-refractivity contribution in [2.45, 2.75) is 33.6 Å². The van der Waals surface area contributed by atoms with Gasteiger partial charge in [-0.15, -0.1) is 6.58 Å². The Morgan fingerprint density at radius 3 is 2.58 bits per heavy atom. The maximum atomic E-state index is 13.1. The van der Waals surface area contributed by atoms with E-state index < -0.39 is 5.41 Å². The number of rotatable bonds is 7. The van der Waals surface area contributed by atoms with Crippen LogP contribution >= 0.6 is 0 Å². The fourth-order valence-corrected chi connectivity index (χ4v) is 3.17. The van der Waals surface area contributed by atoms with Crippen LogP contribution in [0.2, 0.25) is 0 Å². The lowest BCUT2D eigenvalue weighted by Gasteiger charge is -2.25. The molecule has 0 saturated heterocycles. The summed E-state index contributed by atoms with van der Waals surface area (Å²) in [7, 11) is 0. The van der Waals surface area contributed by atoms with Crippen molar-refractivity contribution < 1.29 is 14.3 Å². The van der Waals surface area contributed by atoms with Gasteiger partial charge in [-0.25, -0.2) is 0 Å². The predicted molar refractivity (Wildman–Crippen MR) is 94.9 cm³/mol. The van der Waals surface area contributed by atoms with Crippen molar-refractivity contribution in [2.24, 2.45) is 5.41 Å². The van der Waals surface area contributed by atoms with Gasteiger partial charge in [0.25, 0.3) is 0 Å². The van der Waals surface area contributed by atoms with Gasteiger partial charge in [0.1, 0.15) is 0 Å². The minimum absolute atomic E-state index is 0.0167. The van der Waals surface area contributed by atoms with E-state index in [1.54, 1.807) is 17.9 Å². The number of hydrogen-bond donors (Lipinski definition) is 0. The van der Waals surface area contributed by atoms with Crippen LogP contribution in [-0.4, -0.2) is 29.9 Å². The van der Waals surface area contributed by atoms with Crippen molar-refractivity contribution in [2.75, 3.05) is 13.2 Å². The van der Waals surface area contributed by atoms with Crippen LogP contribution < -0.4 is 0 Å². The van der Waals surface area contributed by atoms with Crippen molar-refractivity contribution >= 4 is 17.6 Å². The van der Waals surface area contributed by atoms with E-state index in [2.05, 4.69) is 6.58 Å². The molecule has 4 nitrogen and oxygen atoms in total. The molecule has 1 aliphatic heterocycles. The van der Waals surface area contributed by atoms with Gasteiger partial charge >= 0.3 is 5.97 Å². The molecule has 4 heteroatoms. The third-order valence-electron chi connectivity index (χ3n) is 4.66. The second-order valence-corrected chi connectivity index (χ2v) is 6.18. The molecule has 1 amide bonds. The molecule has 0 bridgehead atoms. The third kappa shape index (κ3) is 3.28. The molecular weight excluding hydrogens is 302 g/mol. The van der Waals surface area contributed by atoms with E-state index in [-0.39, 0.29) is 18.3 Å². The molecule has 1 heterocycles. The van der Waals surface area contributed by atoms with Crippen LogP contribution in [0.25, 0.3) is 5.70 Å². The molecular formula is C20H25NO3. The minimum atomic E-state index is -0.694. The Kier molecular flexibility index (Phi) is 5.60. The fourth-order valence-electron chi connectivity index (χ4n) is 3.17. The molecule has 128 valence electrons. The Morgan fingerprint density at radius 1 is 1.33 bits per heavy atom. The van der Waals surface area contributed by atoms with E-state index in [1.165, 1.54) is 0 Å². The molecule has 1 unspecified atom stereocenters. The second kappa shape index (κ2) is 7.47. The molecule has 1 aliphatic rings. The number of nitrogens with zero attached hydrogens (tertiary/aromatic N) is 1. The molecule has 0 fully saturated rings. The van der Waals surface area contributed by atoms with Gasteiger partial charge in [-0.05, 0) is 38.3 Å². The third-order valence-corrected chi connectivity index (χ3v) is 4.66. The van der Waals surface area contributed by atoms with Gasteiger partial charge < -0.3 is 9.64 Å². The highest BCUT2D eigenvalue weighted by Crippen LogP contribution is 2.46. The van der Waals surface area contributed by atoms with E-state index in [0.29, 0.717) is 19.6 Å². The summed E-state index contributed by atoms with van der Waals surface area (Å²) in [6, 6.07) is 9.87. The quantitative estimate of drug-likeness (QED) is 0.565. The number of benzene rings is 1. The summed E-state index contributed by atoms with van der Waals surface area (Å²) in [6.45, 7) is 10.3. The Morgan fingerprint density at radius 2 is 2.00 bits per heavy atom. The van der Waals surface area contributed by atoms with Crippen molar-refractivity contribution in [1.82, 2.24) is 4.90 Å². The molecule has 2 rings (SSSR count). The predicted octanol–water partition coefficient (Wildman–Crippen LogP) is 3.80. The summed E-state index contributed by atoms with van der Waals surface area (Å²) < 4.78 is 5.01. The van der Waals surface area contributed by atoms with Crippen LogP contribution in [0, 0.1) is 5.41 Å². The van der Waals surface area contributed by atoms with E-state index in [1.807, 2.05) is 44.2 Å². The summed E-state index contributed by atoms with van der Waals surface area (Å²) in [4.78, 5) is 26.6. The lowest BCUT2D eigenvalue weighted by molar-refractivity contribution is -0.144. The molecule has 1 aromatic carbocycles. The van der Waals surface area contributed by atoms with Crippen LogP contribution in [0.5, 0.6) is 0 Å². The Labute approximate surface area is 143 Å². The fraction of sp³-hybridized carbons (Fsp3) is 0.400. The summed E-state index contributed by atoms with van der Waals surface area (Å²) >= 11 is 0. The van der Waals surface area contributed by atoms with Gasteiger partial charge in [0, 0.05) is 13.0 Å². The summed E-state index contributed by atoms with van der Waals surface area (Å²) in [5, 5.41) is 0. The number of carbonyl (C=O) groups is 2. The number of esters is 1. The standard InChI is InChI=1S/C20H25NO3/c1-5-14-21-18(16-10-8-7-9-11-16)15(3)20(4,19(21)23)13-12-17(22)24-6-2/h5,7-11H,1,6,12-14H2,2-4H3. The van der Waals surface area contributed by atoms with E-state index in [9.17, 15) is 9.59 Å². The number of hydrogen-bond acceptors (Lipinski definition) is 3. The molecule has 0 aliphatic carbocycles. The van der Waals surface area contributed by atoms with Gasteiger partial charge in [0.2, 0.25) is 5.91 Å². The average molecular weight is 327 g/mol. The zero-order valence-corrected chi connectivity index (χ0v) is 14.7. The summed E-state index contributed by atoms with van der Waals surface area (Å²) in [5.41, 5.74) is 2.22. The maximum absolute atomic E-state index is 13.1. The molecule has 0 radical (unpaired) electrons. The van der Waals surface area contributed by atoms with E-state index in [4.69, 9.17) is 4.74 Å². The molecule has 1 aromatic rings. The molecule has 0 saturated carbocycles. The number of amides is 1. The zero-order valence-electron chi connectivity index (χ0n) is 14.7. The van der Waals surface area contributed by atoms with E-state index in [0.717, 1.165) is 16.8 Å². The highest BCUT2D eigenvalue weighted by atomic mass is 16.5. The molecule has 0 aromatic heterocycles. The number of ether oxygens (including phenoxy) is 1. The lowest BCUT2D eigenvalue weighted by Crippen LogP contribution is -2.35. The zero-order chi connectivity index (χ0) is 17.7. The van der Waals surface area contributed by atoms with Crippen molar-refractivity contribution in [3.63, 3.8) is 0 Å². The van der Waals surface area contributed by atoms with Gasteiger partial charge in [-0.3, -0.25) is 9.59 Å². The average Bonchev–Trinajstić information content (AvgIpc) is 2.76.